The van der Waals surface area contributed by atoms with Crippen molar-refractivity contribution in [1.82, 2.24) is 10.6 Å². The largest absolute Gasteiger partial charge is 0.491 e. The van der Waals surface area contributed by atoms with Gasteiger partial charge in [0.1, 0.15) is 17.9 Å². The van der Waals surface area contributed by atoms with E-state index >= 15 is 0 Å². The fourth-order valence-corrected chi connectivity index (χ4v) is 2.62. The number of urea groups is 1. The molecule has 106 valence electrons. The molecule has 2 amide bonds. The zero-order valence-electron chi connectivity index (χ0n) is 10.9. The zero-order valence-corrected chi connectivity index (χ0v) is 10.9. The Morgan fingerprint density at radius 2 is 2.05 bits per heavy atom. The first kappa shape index (κ1) is 12.8. The van der Waals surface area contributed by atoms with Crippen LogP contribution in [0.2, 0.25) is 0 Å². The summed E-state index contributed by atoms with van der Waals surface area (Å²) in [6.45, 7) is 0.368. The maximum absolute atomic E-state index is 12.0. The summed E-state index contributed by atoms with van der Waals surface area (Å²) in [7, 11) is 0. The van der Waals surface area contributed by atoms with Gasteiger partial charge in [0.05, 0.1) is 6.04 Å². The molecule has 6 heteroatoms. The van der Waals surface area contributed by atoms with E-state index in [1.54, 1.807) is 0 Å². The number of ether oxygens (including phenoxy) is 1. The number of carbonyl (C=O) groups is 2. The highest BCUT2D eigenvalue weighted by molar-refractivity contribution is 5.87. The highest BCUT2D eigenvalue weighted by atomic mass is 16.5. The van der Waals surface area contributed by atoms with Crippen molar-refractivity contribution in [2.45, 2.75) is 30.8 Å². The summed E-state index contributed by atoms with van der Waals surface area (Å²) in [4.78, 5) is 23.2. The van der Waals surface area contributed by atoms with Crippen molar-refractivity contribution in [3.63, 3.8) is 0 Å². The van der Waals surface area contributed by atoms with Crippen LogP contribution in [0.25, 0.3) is 0 Å². The molecule has 1 saturated carbocycles. The van der Waals surface area contributed by atoms with Gasteiger partial charge >= 0.3 is 12.0 Å². The van der Waals surface area contributed by atoms with E-state index in [-0.39, 0.29) is 6.04 Å². The van der Waals surface area contributed by atoms with Crippen LogP contribution in [-0.4, -0.2) is 29.3 Å². The Bertz CT molecular complexity index is 554. The first-order valence-electron chi connectivity index (χ1n) is 6.64. The lowest BCUT2D eigenvalue weighted by molar-refractivity contribution is -0.148. The van der Waals surface area contributed by atoms with Gasteiger partial charge in [-0.25, -0.2) is 9.59 Å². The number of carboxylic acid groups (broad SMARTS) is 1. The Hall–Kier alpha value is -2.24. The van der Waals surface area contributed by atoms with Crippen LogP contribution in [0, 0.1) is 0 Å². The molecule has 0 radical (unpaired) electrons. The van der Waals surface area contributed by atoms with Gasteiger partial charge in [-0.05, 0) is 25.3 Å². The minimum absolute atomic E-state index is 0.239. The van der Waals surface area contributed by atoms with E-state index < -0.39 is 17.5 Å². The van der Waals surface area contributed by atoms with Gasteiger partial charge < -0.3 is 20.5 Å². The van der Waals surface area contributed by atoms with E-state index in [4.69, 9.17) is 4.74 Å². The molecule has 0 saturated heterocycles. The molecule has 1 aliphatic heterocycles. The van der Waals surface area contributed by atoms with Crippen LogP contribution in [0.15, 0.2) is 24.3 Å². The van der Waals surface area contributed by atoms with Crippen molar-refractivity contribution in [2.75, 3.05) is 6.61 Å². The fourth-order valence-electron chi connectivity index (χ4n) is 2.62. The van der Waals surface area contributed by atoms with E-state index in [0.717, 1.165) is 17.7 Å². The summed E-state index contributed by atoms with van der Waals surface area (Å²) in [5.74, 6) is -0.212. The maximum atomic E-state index is 12.0. The Labute approximate surface area is 116 Å². The van der Waals surface area contributed by atoms with E-state index in [9.17, 15) is 14.7 Å². The van der Waals surface area contributed by atoms with Crippen LogP contribution in [-0.2, 0) is 4.79 Å². The van der Waals surface area contributed by atoms with Crippen molar-refractivity contribution in [1.29, 1.82) is 0 Å². The van der Waals surface area contributed by atoms with Gasteiger partial charge in [-0.3, -0.25) is 0 Å². The quantitative estimate of drug-likeness (QED) is 0.779. The van der Waals surface area contributed by atoms with Crippen LogP contribution < -0.4 is 15.4 Å². The summed E-state index contributed by atoms with van der Waals surface area (Å²) in [6.07, 6.45) is 1.78. The van der Waals surface area contributed by atoms with Crippen LogP contribution in [0.3, 0.4) is 0 Å². The molecule has 3 rings (SSSR count). The van der Waals surface area contributed by atoms with E-state index in [1.165, 1.54) is 0 Å². The number of rotatable bonds is 3. The molecule has 1 fully saturated rings. The summed E-state index contributed by atoms with van der Waals surface area (Å²) in [5, 5.41) is 14.5. The second-order valence-corrected chi connectivity index (χ2v) is 5.24. The highest BCUT2D eigenvalue weighted by Crippen LogP contribution is 2.33. The highest BCUT2D eigenvalue weighted by Gasteiger charge is 2.46. The van der Waals surface area contributed by atoms with E-state index in [2.05, 4.69) is 10.6 Å². The third-order valence-corrected chi connectivity index (χ3v) is 3.97. The molecule has 1 atom stereocenters. The van der Waals surface area contributed by atoms with Crippen LogP contribution >= 0.6 is 0 Å². The monoisotopic (exact) mass is 276 g/mol. The van der Waals surface area contributed by atoms with Crippen molar-refractivity contribution >= 4 is 12.0 Å². The van der Waals surface area contributed by atoms with Gasteiger partial charge in [-0.1, -0.05) is 18.2 Å². The second-order valence-electron chi connectivity index (χ2n) is 5.24. The summed E-state index contributed by atoms with van der Waals surface area (Å²) < 4.78 is 5.47. The molecule has 0 bridgehead atoms. The number of aliphatic carboxylic acids is 1. The molecular weight excluding hydrogens is 260 g/mol. The molecule has 0 spiro atoms. The van der Waals surface area contributed by atoms with Crippen molar-refractivity contribution in [2.24, 2.45) is 0 Å². The molecule has 1 aliphatic carbocycles. The molecule has 20 heavy (non-hydrogen) atoms. The topological polar surface area (TPSA) is 87.7 Å². The molecule has 1 heterocycles. The van der Waals surface area contributed by atoms with Gasteiger partial charge in [-0.2, -0.15) is 0 Å². The normalized spacial score (nSPS) is 22.1. The smallest absolute Gasteiger partial charge is 0.329 e. The third kappa shape index (κ3) is 2.07. The van der Waals surface area contributed by atoms with E-state index in [0.29, 0.717) is 19.4 Å². The molecular formula is C14H16N2O4. The molecule has 1 aromatic rings. The fraction of sp³-hybridized carbons (Fsp3) is 0.429. The van der Waals surface area contributed by atoms with Gasteiger partial charge in [-0.15, -0.1) is 0 Å². The van der Waals surface area contributed by atoms with Crippen LogP contribution in [0.4, 0.5) is 4.79 Å². The zero-order chi connectivity index (χ0) is 14.2. The lowest BCUT2D eigenvalue weighted by Gasteiger charge is -2.38. The van der Waals surface area contributed by atoms with E-state index in [1.807, 2.05) is 24.3 Å². The Morgan fingerprint density at radius 3 is 2.70 bits per heavy atom. The number of benzene rings is 1. The Balaban J connectivity index is 1.65. The summed E-state index contributed by atoms with van der Waals surface area (Å²) in [6, 6.07) is 6.79. The van der Waals surface area contributed by atoms with Crippen molar-refractivity contribution in [3.8, 4) is 5.75 Å². The number of fused-ring (bicyclic) bond motifs is 1. The predicted octanol–water partition coefficient (Wildman–Crippen LogP) is 1.43. The third-order valence-electron chi connectivity index (χ3n) is 3.97. The minimum Gasteiger partial charge on any atom is -0.491 e. The maximum Gasteiger partial charge on any atom is 0.329 e. The minimum atomic E-state index is -1.09. The van der Waals surface area contributed by atoms with Crippen molar-refractivity contribution < 1.29 is 19.4 Å². The molecule has 6 nitrogen and oxygen atoms in total. The second kappa shape index (κ2) is 4.70. The lowest BCUT2D eigenvalue weighted by atomic mass is 9.77. The summed E-state index contributed by atoms with van der Waals surface area (Å²) in [5.41, 5.74) is -0.177. The number of hydrogen-bond donors (Lipinski definition) is 3. The number of para-hydroxylation sites is 1. The number of nitrogens with one attached hydrogen (secondary N) is 2. The standard InChI is InChI=1S/C14H16N2O4/c17-12(18)14(6-3-7-14)16-13(19)15-10-8-20-11-5-2-1-4-9(10)11/h1-2,4-5,10H,3,6-8H2,(H,17,18)(H2,15,16,19). The number of carboxylic acids is 1. The summed E-state index contributed by atoms with van der Waals surface area (Å²) >= 11 is 0. The van der Waals surface area contributed by atoms with Gasteiger partial charge in [0.15, 0.2) is 0 Å². The predicted molar refractivity (Wildman–Crippen MR) is 70.6 cm³/mol. The molecule has 1 aromatic carbocycles. The first-order valence-corrected chi connectivity index (χ1v) is 6.64. The van der Waals surface area contributed by atoms with Crippen LogP contribution in [0.1, 0.15) is 30.9 Å². The molecule has 3 N–H and O–H groups in total. The van der Waals surface area contributed by atoms with Crippen molar-refractivity contribution in [3.05, 3.63) is 29.8 Å². The molecule has 1 unspecified atom stereocenters. The SMILES string of the molecule is O=C(NC1COc2ccccc21)NC1(C(=O)O)CCC1. The lowest BCUT2D eigenvalue weighted by Crippen LogP contribution is -2.61. The first-order chi connectivity index (χ1) is 9.61. The molecule has 0 aromatic heterocycles. The Kier molecular flexibility index (Phi) is 3.00. The average Bonchev–Trinajstić information content (AvgIpc) is 2.77. The van der Waals surface area contributed by atoms with Gasteiger partial charge in [0.25, 0.3) is 0 Å². The number of carbonyl (C=O) groups excluding carboxylic acids is 1. The Morgan fingerprint density at radius 1 is 1.30 bits per heavy atom. The van der Waals surface area contributed by atoms with Gasteiger partial charge in [0, 0.05) is 5.56 Å². The molecule has 2 aliphatic rings. The number of amides is 2. The average molecular weight is 276 g/mol. The van der Waals surface area contributed by atoms with Crippen LogP contribution in [0.5, 0.6) is 5.75 Å². The van der Waals surface area contributed by atoms with Gasteiger partial charge in [0.2, 0.25) is 0 Å². The number of hydrogen-bond acceptors (Lipinski definition) is 3.